The fraction of sp³-hybridized carbons (Fsp3) is 0.500. The van der Waals surface area contributed by atoms with Gasteiger partial charge in [0.15, 0.2) is 0 Å². The predicted octanol–water partition coefficient (Wildman–Crippen LogP) is 1.10. The first kappa shape index (κ1) is 9.73. The maximum Gasteiger partial charge on any atom is 0.348 e. The second kappa shape index (κ2) is 3.57. The molecule has 1 rings (SSSR count). The average molecular weight is 185 g/mol. The zero-order chi connectivity index (χ0) is 9.90. The van der Waals surface area contributed by atoms with E-state index in [1.165, 1.54) is 26.4 Å². The molecule has 72 valence electrons. The fourth-order valence-electron chi connectivity index (χ4n) is 1.11. The standard InChI is InChI=1S/C8H11NO4/c1-12-7-3-5-8(13-2,6-4-7)9(10)11/h3-5H,6H2,1-2H3. The first-order chi connectivity index (χ1) is 6.14. The molecule has 1 aliphatic carbocycles. The first-order valence-electron chi connectivity index (χ1n) is 3.77. The fourth-order valence-corrected chi connectivity index (χ4v) is 1.11. The molecule has 0 heterocycles. The Bertz CT molecular complexity index is 271. The van der Waals surface area contributed by atoms with Crippen molar-refractivity contribution in [3.8, 4) is 0 Å². The van der Waals surface area contributed by atoms with Crippen molar-refractivity contribution in [3.05, 3.63) is 34.1 Å². The average Bonchev–Trinajstić information content (AvgIpc) is 2.17. The van der Waals surface area contributed by atoms with E-state index in [1.54, 1.807) is 6.08 Å². The highest BCUT2D eigenvalue weighted by atomic mass is 16.7. The Kier molecular flexibility index (Phi) is 2.67. The van der Waals surface area contributed by atoms with Crippen molar-refractivity contribution in [1.82, 2.24) is 0 Å². The number of methoxy groups -OCH3 is 2. The van der Waals surface area contributed by atoms with Crippen molar-refractivity contribution in [2.24, 2.45) is 0 Å². The van der Waals surface area contributed by atoms with Crippen LogP contribution in [0, 0.1) is 10.1 Å². The van der Waals surface area contributed by atoms with Crippen LogP contribution >= 0.6 is 0 Å². The molecule has 0 N–H and O–H groups in total. The maximum atomic E-state index is 10.7. The summed E-state index contributed by atoms with van der Waals surface area (Å²) in [6.45, 7) is 0. The van der Waals surface area contributed by atoms with E-state index in [0.717, 1.165) is 0 Å². The minimum Gasteiger partial charge on any atom is -0.497 e. The number of allylic oxidation sites excluding steroid dienone is 1. The van der Waals surface area contributed by atoms with Crippen LogP contribution in [0.4, 0.5) is 0 Å². The molecule has 0 bridgehead atoms. The van der Waals surface area contributed by atoms with Gasteiger partial charge in [-0.1, -0.05) is 0 Å². The molecular weight excluding hydrogens is 174 g/mol. The molecule has 1 unspecified atom stereocenters. The van der Waals surface area contributed by atoms with Crippen molar-refractivity contribution in [1.29, 1.82) is 0 Å². The summed E-state index contributed by atoms with van der Waals surface area (Å²) >= 11 is 0. The lowest BCUT2D eigenvalue weighted by atomic mass is 10.0. The largest absolute Gasteiger partial charge is 0.497 e. The Morgan fingerprint density at radius 2 is 2.31 bits per heavy atom. The Morgan fingerprint density at radius 3 is 2.62 bits per heavy atom. The summed E-state index contributed by atoms with van der Waals surface area (Å²) in [7, 11) is 2.83. The Morgan fingerprint density at radius 1 is 1.62 bits per heavy atom. The van der Waals surface area contributed by atoms with Gasteiger partial charge in [0.1, 0.15) is 5.76 Å². The van der Waals surface area contributed by atoms with E-state index in [0.29, 0.717) is 5.76 Å². The third-order valence-corrected chi connectivity index (χ3v) is 2.00. The van der Waals surface area contributed by atoms with E-state index >= 15 is 0 Å². The molecule has 0 radical (unpaired) electrons. The van der Waals surface area contributed by atoms with Gasteiger partial charge in [-0.05, 0) is 12.2 Å². The van der Waals surface area contributed by atoms with Crippen LogP contribution in [0.3, 0.4) is 0 Å². The Hall–Kier alpha value is -1.36. The summed E-state index contributed by atoms with van der Waals surface area (Å²) in [5.74, 6) is 0.620. The SMILES string of the molecule is COC1=CCC(OC)([N+](=O)[O-])C=C1. The molecule has 5 heteroatoms. The highest BCUT2D eigenvalue weighted by molar-refractivity contribution is 5.21. The van der Waals surface area contributed by atoms with Gasteiger partial charge < -0.3 is 9.47 Å². The van der Waals surface area contributed by atoms with Gasteiger partial charge in [-0.3, -0.25) is 10.1 Å². The Balaban J connectivity index is 2.83. The first-order valence-corrected chi connectivity index (χ1v) is 3.77. The van der Waals surface area contributed by atoms with Crippen LogP contribution in [0.25, 0.3) is 0 Å². The van der Waals surface area contributed by atoms with Crippen LogP contribution in [-0.4, -0.2) is 24.9 Å². The minimum absolute atomic E-state index is 0.191. The molecule has 0 amide bonds. The third-order valence-electron chi connectivity index (χ3n) is 2.00. The lowest BCUT2D eigenvalue weighted by Gasteiger charge is -2.21. The lowest BCUT2D eigenvalue weighted by Crippen LogP contribution is -2.38. The Labute approximate surface area is 75.8 Å². The summed E-state index contributed by atoms with van der Waals surface area (Å²) in [5.41, 5.74) is -1.41. The van der Waals surface area contributed by atoms with Crippen molar-refractivity contribution >= 4 is 0 Å². The summed E-state index contributed by atoms with van der Waals surface area (Å²) < 4.78 is 9.75. The van der Waals surface area contributed by atoms with E-state index in [9.17, 15) is 10.1 Å². The van der Waals surface area contributed by atoms with E-state index < -0.39 is 10.6 Å². The van der Waals surface area contributed by atoms with E-state index in [4.69, 9.17) is 9.47 Å². The quantitative estimate of drug-likeness (QED) is 0.375. The van der Waals surface area contributed by atoms with Gasteiger partial charge in [0.2, 0.25) is 0 Å². The van der Waals surface area contributed by atoms with Gasteiger partial charge in [0.25, 0.3) is 0 Å². The van der Waals surface area contributed by atoms with Gasteiger partial charge in [-0.25, -0.2) is 0 Å². The van der Waals surface area contributed by atoms with Crippen LogP contribution in [-0.2, 0) is 9.47 Å². The number of nitro groups is 1. The molecule has 0 aromatic carbocycles. The highest BCUT2D eigenvalue weighted by Gasteiger charge is 2.41. The van der Waals surface area contributed by atoms with Crippen LogP contribution in [0.15, 0.2) is 24.0 Å². The predicted molar refractivity (Wildman–Crippen MR) is 45.6 cm³/mol. The summed E-state index contributed by atoms with van der Waals surface area (Å²) in [5, 5.41) is 10.7. The van der Waals surface area contributed by atoms with Crippen LogP contribution in [0.1, 0.15) is 6.42 Å². The van der Waals surface area contributed by atoms with Gasteiger partial charge in [0, 0.05) is 13.2 Å². The minimum atomic E-state index is -1.41. The molecule has 1 aliphatic rings. The van der Waals surface area contributed by atoms with Gasteiger partial charge in [0.05, 0.1) is 18.5 Å². The second-order valence-corrected chi connectivity index (χ2v) is 2.65. The molecule has 0 aliphatic heterocycles. The lowest BCUT2D eigenvalue weighted by molar-refractivity contribution is -0.610. The third kappa shape index (κ3) is 1.70. The van der Waals surface area contributed by atoms with Crippen LogP contribution in [0.2, 0.25) is 0 Å². The highest BCUT2D eigenvalue weighted by Crippen LogP contribution is 2.24. The number of nitrogens with zero attached hydrogens (tertiary/aromatic N) is 1. The topological polar surface area (TPSA) is 61.6 Å². The monoisotopic (exact) mass is 185 g/mol. The van der Waals surface area contributed by atoms with Gasteiger partial charge in [-0.15, -0.1) is 0 Å². The summed E-state index contributed by atoms with van der Waals surface area (Å²) in [6.07, 6.45) is 4.75. The maximum absolute atomic E-state index is 10.7. The molecule has 0 fully saturated rings. The molecule has 0 saturated carbocycles. The smallest absolute Gasteiger partial charge is 0.348 e. The summed E-state index contributed by atoms with van der Waals surface area (Å²) in [6, 6.07) is 0. The van der Waals surface area contributed by atoms with Crippen molar-refractivity contribution < 1.29 is 14.4 Å². The number of ether oxygens (including phenoxy) is 2. The van der Waals surface area contributed by atoms with Crippen molar-refractivity contribution in [2.45, 2.75) is 12.1 Å². The molecule has 5 nitrogen and oxygen atoms in total. The molecule has 0 saturated heterocycles. The number of rotatable bonds is 3. The zero-order valence-electron chi connectivity index (χ0n) is 7.52. The molecule has 0 aromatic rings. The zero-order valence-corrected chi connectivity index (χ0v) is 7.52. The van der Waals surface area contributed by atoms with Crippen molar-refractivity contribution in [3.63, 3.8) is 0 Å². The van der Waals surface area contributed by atoms with E-state index in [-0.39, 0.29) is 6.42 Å². The molecular formula is C8H11NO4. The van der Waals surface area contributed by atoms with Gasteiger partial charge >= 0.3 is 5.72 Å². The van der Waals surface area contributed by atoms with Gasteiger partial charge in [-0.2, -0.15) is 0 Å². The van der Waals surface area contributed by atoms with E-state index in [2.05, 4.69) is 0 Å². The second-order valence-electron chi connectivity index (χ2n) is 2.65. The molecule has 13 heavy (non-hydrogen) atoms. The normalized spacial score (nSPS) is 26.8. The molecule has 0 spiro atoms. The summed E-state index contributed by atoms with van der Waals surface area (Å²) in [4.78, 5) is 10.2. The van der Waals surface area contributed by atoms with Crippen LogP contribution < -0.4 is 0 Å². The molecule has 1 atom stereocenters. The van der Waals surface area contributed by atoms with Crippen LogP contribution in [0.5, 0.6) is 0 Å². The molecule has 0 aromatic heterocycles. The number of hydrogen-bond acceptors (Lipinski definition) is 4. The van der Waals surface area contributed by atoms with E-state index in [1.807, 2.05) is 0 Å². The number of hydrogen-bond donors (Lipinski definition) is 0. The van der Waals surface area contributed by atoms with Crippen molar-refractivity contribution in [2.75, 3.05) is 14.2 Å².